The molecule has 1 heterocycles. The van der Waals surface area contributed by atoms with Crippen LogP contribution in [0.4, 0.5) is 4.79 Å². The van der Waals surface area contributed by atoms with Gasteiger partial charge in [-0.3, -0.25) is 0 Å². The number of hydrogen-bond donors (Lipinski definition) is 1. The third kappa shape index (κ3) is 4.52. The van der Waals surface area contributed by atoms with Crippen LogP contribution in [-0.4, -0.2) is 68.3 Å². The van der Waals surface area contributed by atoms with E-state index in [4.69, 9.17) is 4.74 Å². The maximum atomic E-state index is 12.1. The van der Waals surface area contributed by atoms with E-state index in [0.717, 1.165) is 26.1 Å². The van der Waals surface area contributed by atoms with Crippen molar-refractivity contribution < 1.29 is 9.53 Å². The maximum Gasteiger partial charge on any atom is 0.317 e. The minimum absolute atomic E-state index is 0.0253. The molecular weight excluding hydrogens is 218 g/mol. The zero-order valence-electron chi connectivity index (χ0n) is 11.4. The number of nitrogens with one attached hydrogen (secondary N) is 1. The van der Waals surface area contributed by atoms with Crippen molar-refractivity contribution in [3.05, 3.63) is 0 Å². The van der Waals surface area contributed by atoms with Crippen LogP contribution in [0.5, 0.6) is 0 Å². The van der Waals surface area contributed by atoms with E-state index in [-0.39, 0.29) is 18.1 Å². The monoisotopic (exact) mass is 243 g/mol. The molecule has 0 bridgehead atoms. The Labute approximate surface area is 104 Å². The number of nitrogens with zero attached hydrogens (tertiary/aromatic N) is 2. The van der Waals surface area contributed by atoms with Crippen LogP contribution in [0.15, 0.2) is 0 Å². The largest absolute Gasteiger partial charge is 0.379 e. The van der Waals surface area contributed by atoms with Crippen LogP contribution in [0, 0.1) is 0 Å². The Bertz CT molecular complexity index is 240. The van der Waals surface area contributed by atoms with Crippen molar-refractivity contribution >= 4 is 6.03 Å². The standard InChI is InChI=1S/C12H25N3O2/c1-5-15(10(2)8-14(3)4)12(16)13-11-6-7-17-9-11/h10-11H,5-9H2,1-4H3,(H,13,16). The lowest BCUT2D eigenvalue weighted by Gasteiger charge is -2.31. The van der Waals surface area contributed by atoms with Gasteiger partial charge in [-0.15, -0.1) is 0 Å². The summed E-state index contributed by atoms with van der Waals surface area (Å²) in [5.41, 5.74) is 0. The Kier molecular flexibility index (Phi) is 5.71. The molecule has 2 unspecified atom stereocenters. The van der Waals surface area contributed by atoms with Gasteiger partial charge in [-0.1, -0.05) is 0 Å². The van der Waals surface area contributed by atoms with Crippen LogP contribution in [0.1, 0.15) is 20.3 Å². The second kappa shape index (κ2) is 6.81. The number of ether oxygens (including phenoxy) is 1. The van der Waals surface area contributed by atoms with E-state index < -0.39 is 0 Å². The molecule has 17 heavy (non-hydrogen) atoms. The fourth-order valence-corrected chi connectivity index (χ4v) is 2.19. The summed E-state index contributed by atoms with van der Waals surface area (Å²) < 4.78 is 5.25. The molecule has 5 nitrogen and oxygen atoms in total. The van der Waals surface area contributed by atoms with Crippen molar-refractivity contribution in [3.63, 3.8) is 0 Å². The molecule has 1 aliphatic heterocycles. The number of urea groups is 1. The number of carbonyl (C=O) groups excluding carboxylic acids is 1. The molecule has 1 rings (SSSR count). The average molecular weight is 243 g/mol. The summed E-state index contributed by atoms with van der Waals surface area (Å²) in [5, 5.41) is 3.03. The quantitative estimate of drug-likeness (QED) is 0.775. The second-order valence-electron chi connectivity index (χ2n) is 4.91. The molecule has 1 aliphatic rings. The van der Waals surface area contributed by atoms with Gasteiger partial charge in [0.1, 0.15) is 0 Å². The first-order valence-corrected chi connectivity index (χ1v) is 6.34. The van der Waals surface area contributed by atoms with Crippen molar-refractivity contribution in [3.8, 4) is 0 Å². The minimum atomic E-state index is 0.0253. The molecule has 0 saturated carbocycles. The van der Waals surface area contributed by atoms with E-state index in [0.29, 0.717) is 6.61 Å². The second-order valence-corrected chi connectivity index (χ2v) is 4.91. The number of amides is 2. The van der Waals surface area contributed by atoms with Crippen LogP contribution in [0.2, 0.25) is 0 Å². The fourth-order valence-electron chi connectivity index (χ4n) is 2.19. The van der Waals surface area contributed by atoms with Crippen LogP contribution in [0.3, 0.4) is 0 Å². The van der Waals surface area contributed by atoms with Gasteiger partial charge in [0.25, 0.3) is 0 Å². The van der Waals surface area contributed by atoms with Crippen LogP contribution >= 0.6 is 0 Å². The van der Waals surface area contributed by atoms with Crippen molar-refractivity contribution in [2.75, 3.05) is 40.4 Å². The van der Waals surface area contributed by atoms with Gasteiger partial charge in [-0.2, -0.15) is 0 Å². The van der Waals surface area contributed by atoms with E-state index >= 15 is 0 Å². The molecule has 1 saturated heterocycles. The summed E-state index contributed by atoms with van der Waals surface area (Å²) in [7, 11) is 4.04. The number of rotatable bonds is 5. The number of carbonyl (C=O) groups is 1. The molecule has 1 fully saturated rings. The van der Waals surface area contributed by atoms with Gasteiger partial charge in [0.2, 0.25) is 0 Å². The Morgan fingerprint density at radius 2 is 2.24 bits per heavy atom. The summed E-state index contributed by atoms with van der Waals surface area (Å²) in [6, 6.07) is 0.428. The topological polar surface area (TPSA) is 44.8 Å². The smallest absolute Gasteiger partial charge is 0.317 e. The minimum Gasteiger partial charge on any atom is -0.379 e. The van der Waals surface area contributed by atoms with Gasteiger partial charge in [0, 0.05) is 25.7 Å². The van der Waals surface area contributed by atoms with Gasteiger partial charge < -0.3 is 19.9 Å². The van der Waals surface area contributed by atoms with Crippen molar-refractivity contribution in [1.29, 1.82) is 0 Å². The maximum absolute atomic E-state index is 12.1. The van der Waals surface area contributed by atoms with Crippen molar-refractivity contribution in [2.45, 2.75) is 32.4 Å². The highest BCUT2D eigenvalue weighted by molar-refractivity contribution is 5.74. The van der Waals surface area contributed by atoms with Gasteiger partial charge in [0.15, 0.2) is 0 Å². The third-order valence-electron chi connectivity index (χ3n) is 3.02. The first-order valence-electron chi connectivity index (χ1n) is 6.34. The molecular formula is C12H25N3O2. The molecule has 100 valence electrons. The molecule has 1 N–H and O–H groups in total. The zero-order chi connectivity index (χ0) is 12.8. The van der Waals surface area contributed by atoms with Crippen LogP contribution in [0.25, 0.3) is 0 Å². The molecule has 0 aromatic heterocycles. The fraction of sp³-hybridized carbons (Fsp3) is 0.917. The molecule has 0 radical (unpaired) electrons. The first kappa shape index (κ1) is 14.3. The van der Waals surface area contributed by atoms with Crippen molar-refractivity contribution in [2.24, 2.45) is 0 Å². The summed E-state index contributed by atoms with van der Waals surface area (Å²) in [4.78, 5) is 16.1. The summed E-state index contributed by atoms with van der Waals surface area (Å²) in [5.74, 6) is 0. The van der Waals surface area contributed by atoms with Gasteiger partial charge in [0.05, 0.1) is 12.6 Å². The Hall–Kier alpha value is -0.810. The highest BCUT2D eigenvalue weighted by atomic mass is 16.5. The Balaban J connectivity index is 2.44. The Morgan fingerprint density at radius 3 is 2.71 bits per heavy atom. The zero-order valence-corrected chi connectivity index (χ0v) is 11.4. The van der Waals surface area contributed by atoms with E-state index in [1.165, 1.54) is 0 Å². The molecule has 0 aromatic carbocycles. The van der Waals surface area contributed by atoms with Crippen LogP contribution < -0.4 is 5.32 Å². The molecule has 5 heteroatoms. The SMILES string of the molecule is CCN(C(=O)NC1CCOC1)C(C)CN(C)C. The van der Waals surface area contributed by atoms with E-state index in [9.17, 15) is 4.79 Å². The lowest BCUT2D eigenvalue weighted by Crippen LogP contribution is -2.51. The summed E-state index contributed by atoms with van der Waals surface area (Å²) >= 11 is 0. The van der Waals surface area contributed by atoms with Crippen molar-refractivity contribution in [1.82, 2.24) is 15.1 Å². The molecule has 0 aromatic rings. The van der Waals surface area contributed by atoms with Gasteiger partial charge in [-0.05, 0) is 34.4 Å². The predicted molar refractivity (Wildman–Crippen MR) is 68.2 cm³/mol. The number of hydrogen-bond acceptors (Lipinski definition) is 3. The first-order chi connectivity index (χ1) is 8.04. The van der Waals surface area contributed by atoms with Gasteiger partial charge >= 0.3 is 6.03 Å². The highest BCUT2D eigenvalue weighted by Crippen LogP contribution is 2.06. The van der Waals surface area contributed by atoms with Crippen LogP contribution in [-0.2, 0) is 4.74 Å². The predicted octanol–water partition coefficient (Wildman–Crippen LogP) is 0.757. The number of likely N-dealkylation sites (N-methyl/N-ethyl adjacent to an activating group) is 2. The summed E-state index contributed by atoms with van der Waals surface area (Å²) in [6.45, 7) is 7.09. The van der Waals surface area contributed by atoms with E-state index in [2.05, 4.69) is 17.1 Å². The molecule has 0 spiro atoms. The Morgan fingerprint density at radius 1 is 1.53 bits per heavy atom. The molecule has 2 atom stereocenters. The molecule has 2 amide bonds. The summed E-state index contributed by atoms with van der Waals surface area (Å²) in [6.07, 6.45) is 0.922. The van der Waals surface area contributed by atoms with E-state index in [1.54, 1.807) is 0 Å². The highest BCUT2D eigenvalue weighted by Gasteiger charge is 2.23. The lowest BCUT2D eigenvalue weighted by atomic mass is 10.2. The van der Waals surface area contributed by atoms with E-state index in [1.807, 2.05) is 25.9 Å². The third-order valence-corrected chi connectivity index (χ3v) is 3.02. The normalized spacial score (nSPS) is 21.6. The molecule has 0 aliphatic carbocycles. The lowest BCUT2D eigenvalue weighted by molar-refractivity contribution is 0.160. The van der Waals surface area contributed by atoms with Gasteiger partial charge in [-0.25, -0.2) is 4.79 Å². The average Bonchev–Trinajstić information content (AvgIpc) is 2.70.